The number of anilines is 1. The number of aryl methyl sites for hydroxylation is 1. The fourth-order valence-electron chi connectivity index (χ4n) is 3.33. The number of rotatable bonds is 6. The van der Waals surface area contributed by atoms with Crippen LogP contribution in [-0.2, 0) is 12.7 Å². The summed E-state index contributed by atoms with van der Waals surface area (Å²) in [4.78, 5) is 30.8. The first-order valence-electron chi connectivity index (χ1n) is 10.4. The Hall–Kier alpha value is -3.60. The number of pyridine rings is 1. The van der Waals surface area contributed by atoms with Crippen LogP contribution < -0.4 is 10.6 Å². The third kappa shape index (κ3) is 5.71. The molecule has 0 aliphatic carbocycles. The summed E-state index contributed by atoms with van der Waals surface area (Å²) in [6.45, 7) is 1.41. The average Bonchev–Trinajstić information content (AvgIpc) is 3.48. The van der Waals surface area contributed by atoms with Gasteiger partial charge in [0.15, 0.2) is 5.82 Å². The molecule has 0 atom stereocenters. The summed E-state index contributed by atoms with van der Waals surface area (Å²) in [7, 11) is 1.47. The van der Waals surface area contributed by atoms with Gasteiger partial charge in [0.05, 0.1) is 22.0 Å². The number of halogens is 5. The number of hydrogen-bond acceptors (Lipinski definition) is 7. The van der Waals surface area contributed by atoms with Gasteiger partial charge in [-0.2, -0.15) is 23.1 Å². The largest absolute Gasteiger partial charge is 0.455 e. The van der Waals surface area contributed by atoms with Gasteiger partial charge in [-0.1, -0.05) is 11.6 Å². The molecule has 3 heterocycles. The van der Waals surface area contributed by atoms with Gasteiger partial charge in [-0.25, -0.2) is 9.67 Å². The zero-order chi connectivity index (χ0) is 26.9. The maximum atomic E-state index is 13.4. The third-order valence-electron chi connectivity index (χ3n) is 4.95. The van der Waals surface area contributed by atoms with E-state index >= 15 is 0 Å². The first-order valence-corrected chi connectivity index (χ1v) is 11.8. The van der Waals surface area contributed by atoms with Gasteiger partial charge in [0.1, 0.15) is 12.2 Å². The second kappa shape index (κ2) is 10.4. The fraction of sp³-hybridized carbons (Fsp3) is 0.190. The lowest BCUT2D eigenvalue weighted by Gasteiger charge is -2.14. The molecule has 37 heavy (non-hydrogen) atoms. The van der Waals surface area contributed by atoms with Crippen molar-refractivity contribution in [3.63, 3.8) is 0 Å². The Morgan fingerprint density at radius 1 is 1.16 bits per heavy atom. The van der Waals surface area contributed by atoms with Gasteiger partial charge in [-0.3, -0.25) is 9.59 Å². The van der Waals surface area contributed by atoms with Crippen LogP contribution in [0.15, 0.2) is 36.5 Å². The minimum atomic E-state index is -4.77. The number of aromatic nitrogens is 7. The standard InChI is InChI=1S/C21H16ClF3IN9O2/c1-10-6-11(26)7-13(18(36)27-2)16(10)29-19(37)15-8-12(9-34-32-20(30-33-34)21(23,24)25)31-35(15)17-14(22)4-3-5-28-17/h3-8H,9H2,1-2H3,(H,27,36)(H,29,37). The van der Waals surface area contributed by atoms with Gasteiger partial charge < -0.3 is 10.6 Å². The second-order valence-electron chi connectivity index (χ2n) is 7.56. The van der Waals surface area contributed by atoms with Gasteiger partial charge in [0, 0.05) is 16.8 Å². The highest BCUT2D eigenvalue weighted by Gasteiger charge is 2.37. The van der Waals surface area contributed by atoms with Crippen LogP contribution in [0, 0.1) is 10.5 Å². The molecule has 0 saturated heterocycles. The summed E-state index contributed by atoms with van der Waals surface area (Å²) in [5.74, 6) is -2.38. The number of nitrogens with zero attached hydrogens (tertiary/aromatic N) is 7. The average molecular weight is 646 g/mol. The number of tetrazole rings is 1. The van der Waals surface area contributed by atoms with Crippen molar-refractivity contribution in [1.29, 1.82) is 0 Å². The molecule has 0 fully saturated rings. The first kappa shape index (κ1) is 26.5. The number of nitrogens with one attached hydrogen (secondary N) is 2. The van der Waals surface area contributed by atoms with Crippen molar-refractivity contribution in [1.82, 2.24) is 40.3 Å². The number of carbonyl (C=O) groups excluding carboxylic acids is 2. The molecule has 0 saturated carbocycles. The van der Waals surface area contributed by atoms with E-state index in [1.165, 1.54) is 25.4 Å². The van der Waals surface area contributed by atoms with Crippen LogP contribution in [0.3, 0.4) is 0 Å². The van der Waals surface area contributed by atoms with Gasteiger partial charge in [-0.05, 0) is 70.6 Å². The van der Waals surface area contributed by atoms with Crippen molar-refractivity contribution in [2.24, 2.45) is 0 Å². The topological polar surface area (TPSA) is 133 Å². The highest BCUT2D eigenvalue weighted by molar-refractivity contribution is 14.1. The molecule has 2 N–H and O–H groups in total. The predicted octanol–water partition coefficient (Wildman–Crippen LogP) is 3.50. The molecule has 192 valence electrons. The zero-order valence-electron chi connectivity index (χ0n) is 19.0. The number of hydrogen-bond donors (Lipinski definition) is 2. The Kier molecular flexibility index (Phi) is 7.44. The molecule has 0 radical (unpaired) electrons. The number of amides is 2. The molecule has 0 aliphatic heterocycles. The summed E-state index contributed by atoms with van der Waals surface area (Å²) in [6.07, 6.45) is -3.33. The molecule has 0 aliphatic rings. The van der Waals surface area contributed by atoms with Crippen LogP contribution in [0.4, 0.5) is 18.9 Å². The smallest absolute Gasteiger partial charge is 0.355 e. The molecule has 16 heteroatoms. The lowest BCUT2D eigenvalue weighted by Crippen LogP contribution is -2.23. The minimum absolute atomic E-state index is 0.0485. The molecular weight excluding hydrogens is 630 g/mol. The fourth-order valence-corrected chi connectivity index (χ4v) is 4.31. The highest BCUT2D eigenvalue weighted by atomic mass is 127. The quantitative estimate of drug-likeness (QED) is 0.307. The molecule has 11 nitrogen and oxygen atoms in total. The summed E-state index contributed by atoms with van der Waals surface area (Å²) in [5, 5.41) is 19.4. The van der Waals surface area contributed by atoms with E-state index in [0.717, 1.165) is 8.25 Å². The molecular formula is C21H16ClF3IN9O2. The maximum Gasteiger partial charge on any atom is 0.455 e. The molecule has 3 aromatic heterocycles. The van der Waals surface area contributed by atoms with Crippen molar-refractivity contribution < 1.29 is 22.8 Å². The van der Waals surface area contributed by atoms with E-state index in [4.69, 9.17) is 11.6 Å². The van der Waals surface area contributed by atoms with E-state index in [2.05, 4.69) is 58.7 Å². The summed E-state index contributed by atoms with van der Waals surface area (Å²) in [6, 6.07) is 7.86. The second-order valence-corrected chi connectivity index (χ2v) is 9.21. The Morgan fingerprint density at radius 2 is 1.92 bits per heavy atom. The maximum absolute atomic E-state index is 13.4. The van der Waals surface area contributed by atoms with Gasteiger partial charge >= 0.3 is 6.18 Å². The summed E-state index contributed by atoms with van der Waals surface area (Å²) < 4.78 is 40.5. The van der Waals surface area contributed by atoms with Gasteiger partial charge in [0.2, 0.25) is 0 Å². The molecule has 0 bridgehead atoms. The first-order chi connectivity index (χ1) is 17.5. The van der Waals surface area contributed by atoms with E-state index in [1.54, 1.807) is 25.1 Å². The van der Waals surface area contributed by atoms with Crippen molar-refractivity contribution in [3.05, 3.63) is 73.5 Å². The van der Waals surface area contributed by atoms with E-state index in [-0.39, 0.29) is 40.0 Å². The van der Waals surface area contributed by atoms with Crippen LogP contribution in [0.25, 0.3) is 5.82 Å². The van der Waals surface area contributed by atoms with Crippen molar-refractivity contribution in [2.45, 2.75) is 19.6 Å². The van der Waals surface area contributed by atoms with Crippen LogP contribution in [0.1, 0.15) is 37.9 Å². The Balaban J connectivity index is 1.75. The molecule has 2 amide bonds. The minimum Gasteiger partial charge on any atom is -0.355 e. The normalized spacial score (nSPS) is 11.4. The van der Waals surface area contributed by atoms with Crippen LogP contribution in [-0.4, -0.2) is 53.8 Å². The van der Waals surface area contributed by atoms with Crippen molar-refractivity contribution in [2.75, 3.05) is 12.4 Å². The van der Waals surface area contributed by atoms with Crippen molar-refractivity contribution >= 4 is 51.7 Å². The van der Waals surface area contributed by atoms with E-state index in [0.29, 0.717) is 10.4 Å². The molecule has 4 aromatic rings. The van der Waals surface area contributed by atoms with Crippen LogP contribution in [0.2, 0.25) is 5.02 Å². The highest BCUT2D eigenvalue weighted by Crippen LogP contribution is 2.27. The van der Waals surface area contributed by atoms with E-state index in [9.17, 15) is 22.8 Å². The van der Waals surface area contributed by atoms with Crippen LogP contribution in [0.5, 0.6) is 0 Å². The van der Waals surface area contributed by atoms with E-state index < -0.39 is 23.8 Å². The van der Waals surface area contributed by atoms with Gasteiger partial charge in [-0.15, -0.1) is 10.2 Å². The Bertz CT molecular complexity index is 1500. The molecule has 0 unspecified atom stereocenters. The third-order valence-corrected chi connectivity index (χ3v) is 5.87. The molecule has 0 spiro atoms. The number of benzene rings is 1. The Labute approximate surface area is 225 Å². The lowest BCUT2D eigenvalue weighted by atomic mass is 10.1. The van der Waals surface area contributed by atoms with Gasteiger partial charge in [0.25, 0.3) is 17.6 Å². The SMILES string of the molecule is CNC(=O)c1cc(I)cc(C)c1NC(=O)c1cc(Cn2nnc(C(F)(F)F)n2)nn1-c1ncccc1Cl. The van der Waals surface area contributed by atoms with E-state index in [1.807, 2.05) is 0 Å². The molecule has 1 aromatic carbocycles. The summed E-state index contributed by atoms with van der Waals surface area (Å²) >= 11 is 8.33. The summed E-state index contributed by atoms with van der Waals surface area (Å²) in [5.41, 5.74) is 1.23. The molecule has 4 rings (SSSR count). The predicted molar refractivity (Wildman–Crippen MR) is 134 cm³/mol. The Morgan fingerprint density at radius 3 is 2.57 bits per heavy atom. The van der Waals surface area contributed by atoms with Crippen LogP contribution >= 0.6 is 34.2 Å². The zero-order valence-corrected chi connectivity index (χ0v) is 21.9. The number of alkyl halides is 3. The number of carbonyl (C=O) groups is 2. The van der Waals surface area contributed by atoms with Crippen molar-refractivity contribution in [3.8, 4) is 5.82 Å². The lowest BCUT2D eigenvalue weighted by molar-refractivity contribution is -0.145. The monoisotopic (exact) mass is 645 g/mol.